The summed E-state index contributed by atoms with van der Waals surface area (Å²) >= 11 is 6.48. The van der Waals surface area contributed by atoms with E-state index in [1.807, 2.05) is 86.6 Å². The van der Waals surface area contributed by atoms with Gasteiger partial charge in [0.25, 0.3) is 5.91 Å². The second-order valence-electron chi connectivity index (χ2n) is 10.6. The van der Waals surface area contributed by atoms with E-state index in [0.29, 0.717) is 58.8 Å². The first-order valence-corrected chi connectivity index (χ1v) is 14.7. The monoisotopic (exact) mass is 609 g/mol. The van der Waals surface area contributed by atoms with E-state index < -0.39 is 6.04 Å². The summed E-state index contributed by atoms with van der Waals surface area (Å²) in [6.45, 7) is 4.88. The van der Waals surface area contributed by atoms with E-state index >= 15 is 0 Å². The number of rotatable bonds is 10. The molecule has 0 radical (unpaired) electrons. The summed E-state index contributed by atoms with van der Waals surface area (Å²) in [6, 6.07) is 26.0. The van der Waals surface area contributed by atoms with Gasteiger partial charge >= 0.3 is 0 Å². The predicted molar refractivity (Wildman–Crippen MR) is 169 cm³/mol. The Kier molecular flexibility index (Phi) is 8.17. The molecule has 9 heteroatoms. The average Bonchev–Trinajstić information content (AvgIpc) is 3.58. The number of nitrogens with zero attached hydrogens (tertiary/aromatic N) is 2. The zero-order valence-corrected chi connectivity index (χ0v) is 25.4. The van der Waals surface area contributed by atoms with Crippen molar-refractivity contribution >= 4 is 17.5 Å². The number of nitrogens with one attached hydrogen (secondary N) is 1. The molecule has 2 heterocycles. The number of aromatic nitrogens is 2. The third kappa shape index (κ3) is 5.56. The molecule has 0 saturated heterocycles. The van der Waals surface area contributed by atoms with E-state index in [0.717, 1.165) is 28.0 Å². The molecule has 0 bridgehead atoms. The normalized spacial score (nSPS) is 14.0. The molecule has 1 aliphatic heterocycles. The maximum atomic E-state index is 14.0. The molecule has 4 aromatic carbocycles. The van der Waals surface area contributed by atoms with E-state index in [1.54, 1.807) is 24.1 Å². The van der Waals surface area contributed by atoms with Crippen LogP contribution in [0.5, 0.6) is 23.0 Å². The number of ether oxygens (including phenoxy) is 3. The van der Waals surface area contributed by atoms with Crippen LogP contribution in [0.4, 0.5) is 0 Å². The fraction of sp³-hybridized carbons (Fsp3) is 0.200. The maximum absolute atomic E-state index is 14.0. The van der Waals surface area contributed by atoms with Gasteiger partial charge in [0.2, 0.25) is 0 Å². The number of carbonyl (C=O) groups excluding carboxylic acids is 1. The predicted octanol–water partition coefficient (Wildman–Crippen LogP) is 7.48. The SMILES string of the molecule is CCOc1cc(C2c3c(-c4cc(Cl)c(C)cc4O)n[nH]c3C(=O)N2Cc2ccc(OC)cc2)ccc1OCc1ccccc1. The van der Waals surface area contributed by atoms with Gasteiger partial charge in [0, 0.05) is 22.7 Å². The molecule has 224 valence electrons. The van der Waals surface area contributed by atoms with Gasteiger partial charge in [-0.1, -0.05) is 60.1 Å². The Morgan fingerprint density at radius 3 is 2.45 bits per heavy atom. The second kappa shape index (κ2) is 12.3. The van der Waals surface area contributed by atoms with E-state index in [2.05, 4.69) is 10.2 Å². The number of carbonyl (C=O) groups is 1. The van der Waals surface area contributed by atoms with Crippen molar-refractivity contribution in [3.63, 3.8) is 0 Å². The number of aromatic hydroxyl groups is 1. The topological polar surface area (TPSA) is 96.9 Å². The number of aryl methyl sites for hydroxylation is 1. The van der Waals surface area contributed by atoms with E-state index in [-0.39, 0.29) is 11.7 Å². The number of hydrogen-bond acceptors (Lipinski definition) is 6. The van der Waals surface area contributed by atoms with Crippen LogP contribution < -0.4 is 14.2 Å². The molecule has 6 rings (SSSR count). The minimum Gasteiger partial charge on any atom is -0.507 e. The van der Waals surface area contributed by atoms with Crippen LogP contribution >= 0.6 is 11.6 Å². The first kappa shape index (κ1) is 29.1. The zero-order valence-electron chi connectivity index (χ0n) is 24.6. The van der Waals surface area contributed by atoms with Crippen molar-refractivity contribution in [1.29, 1.82) is 0 Å². The lowest BCUT2D eigenvalue weighted by molar-refractivity contribution is 0.0729. The Labute approximate surface area is 260 Å². The highest BCUT2D eigenvalue weighted by atomic mass is 35.5. The Morgan fingerprint density at radius 2 is 1.73 bits per heavy atom. The van der Waals surface area contributed by atoms with Gasteiger partial charge in [0.1, 0.15) is 29.5 Å². The fourth-order valence-electron chi connectivity index (χ4n) is 5.51. The summed E-state index contributed by atoms with van der Waals surface area (Å²) in [4.78, 5) is 15.8. The maximum Gasteiger partial charge on any atom is 0.273 e. The molecule has 2 N–H and O–H groups in total. The van der Waals surface area contributed by atoms with Gasteiger partial charge in [-0.2, -0.15) is 5.10 Å². The van der Waals surface area contributed by atoms with Gasteiger partial charge in [-0.05, 0) is 72.5 Å². The van der Waals surface area contributed by atoms with Crippen molar-refractivity contribution < 1.29 is 24.1 Å². The molecule has 5 aromatic rings. The van der Waals surface area contributed by atoms with Crippen molar-refractivity contribution in [2.75, 3.05) is 13.7 Å². The number of benzene rings is 4. The molecular formula is C35H32ClN3O5. The summed E-state index contributed by atoms with van der Waals surface area (Å²) in [5.41, 5.74) is 5.42. The van der Waals surface area contributed by atoms with Gasteiger partial charge in [-0.3, -0.25) is 9.89 Å². The molecular weight excluding hydrogens is 578 g/mol. The number of methoxy groups -OCH3 is 1. The van der Waals surface area contributed by atoms with Crippen LogP contribution in [0.3, 0.4) is 0 Å². The molecule has 0 spiro atoms. The number of H-pyrrole nitrogens is 1. The molecule has 1 amide bonds. The molecule has 1 aromatic heterocycles. The van der Waals surface area contributed by atoms with Gasteiger partial charge in [0.15, 0.2) is 11.5 Å². The number of fused-ring (bicyclic) bond motifs is 1. The highest BCUT2D eigenvalue weighted by Gasteiger charge is 2.43. The van der Waals surface area contributed by atoms with Crippen molar-refractivity contribution in [1.82, 2.24) is 15.1 Å². The Balaban J connectivity index is 1.44. The lowest BCUT2D eigenvalue weighted by atomic mass is 9.94. The Bertz CT molecular complexity index is 1800. The minimum atomic E-state index is -0.546. The van der Waals surface area contributed by atoms with Gasteiger partial charge in [0.05, 0.1) is 19.8 Å². The highest BCUT2D eigenvalue weighted by molar-refractivity contribution is 6.31. The minimum absolute atomic E-state index is 0.0284. The number of phenolic OH excluding ortho intramolecular Hbond substituents is 1. The third-order valence-corrected chi connectivity index (χ3v) is 8.14. The number of halogens is 1. The molecule has 44 heavy (non-hydrogen) atoms. The van der Waals surface area contributed by atoms with Crippen LogP contribution in [0.25, 0.3) is 11.3 Å². The van der Waals surface area contributed by atoms with E-state index in [9.17, 15) is 9.90 Å². The number of aromatic amines is 1. The summed E-state index contributed by atoms with van der Waals surface area (Å²) in [5.74, 6) is 1.72. The Hall–Kier alpha value is -4.95. The summed E-state index contributed by atoms with van der Waals surface area (Å²) in [7, 11) is 1.62. The van der Waals surface area contributed by atoms with Crippen LogP contribution in [0.1, 0.15) is 51.3 Å². The zero-order chi connectivity index (χ0) is 30.8. The molecule has 0 aliphatic carbocycles. The molecule has 1 unspecified atom stereocenters. The standard InChI is InChI=1S/C35H32ClN3O5/c1-4-43-30-17-24(12-15-29(30)44-20-23-8-6-5-7-9-23)34-31-32(26-18-27(36)21(2)16-28(26)40)37-38-33(31)35(41)39(34)19-22-10-13-25(42-3)14-11-22/h5-18,34,40H,4,19-20H2,1-3H3,(H,37,38). The van der Waals surface area contributed by atoms with Crippen LogP contribution in [0, 0.1) is 6.92 Å². The average molecular weight is 610 g/mol. The summed E-state index contributed by atoms with van der Waals surface area (Å²) in [6.07, 6.45) is 0. The van der Waals surface area contributed by atoms with Crippen LogP contribution in [-0.4, -0.2) is 39.8 Å². The summed E-state index contributed by atoms with van der Waals surface area (Å²) < 4.78 is 17.5. The molecule has 1 atom stereocenters. The molecule has 8 nitrogen and oxygen atoms in total. The lowest BCUT2D eigenvalue weighted by Gasteiger charge is -2.27. The smallest absolute Gasteiger partial charge is 0.273 e. The van der Waals surface area contributed by atoms with Crippen molar-refractivity contribution in [3.8, 4) is 34.3 Å². The van der Waals surface area contributed by atoms with Crippen molar-refractivity contribution in [2.24, 2.45) is 0 Å². The Morgan fingerprint density at radius 1 is 0.955 bits per heavy atom. The fourth-order valence-corrected chi connectivity index (χ4v) is 5.68. The lowest BCUT2D eigenvalue weighted by Crippen LogP contribution is -2.29. The van der Waals surface area contributed by atoms with Crippen LogP contribution in [-0.2, 0) is 13.2 Å². The van der Waals surface area contributed by atoms with Crippen LogP contribution in [0.15, 0.2) is 84.9 Å². The molecule has 0 fully saturated rings. The molecule has 0 saturated carbocycles. The quantitative estimate of drug-likeness (QED) is 0.170. The van der Waals surface area contributed by atoms with Gasteiger partial charge in [-0.15, -0.1) is 0 Å². The van der Waals surface area contributed by atoms with Gasteiger partial charge in [-0.25, -0.2) is 0 Å². The number of hydrogen-bond donors (Lipinski definition) is 2. The van der Waals surface area contributed by atoms with Gasteiger partial charge < -0.3 is 24.2 Å². The third-order valence-electron chi connectivity index (χ3n) is 7.73. The number of amides is 1. The highest BCUT2D eigenvalue weighted by Crippen LogP contribution is 2.47. The van der Waals surface area contributed by atoms with Crippen molar-refractivity contribution in [3.05, 3.63) is 123 Å². The summed E-state index contributed by atoms with van der Waals surface area (Å²) in [5, 5.41) is 18.9. The second-order valence-corrected chi connectivity index (χ2v) is 11.0. The first-order valence-electron chi connectivity index (χ1n) is 14.3. The molecule has 1 aliphatic rings. The van der Waals surface area contributed by atoms with E-state index in [4.69, 9.17) is 25.8 Å². The van der Waals surface area contributed by atoms with Crippen molar-refractivity contribution in [2.45, 2.75) is 33.0 Å². The largest absolute Gasteiger partial charge is 0.507 e. The van der Waals surface area contributed by atoms with Crippen LogP contribution in [0.2, 0.25) is 5.02 Å². The number of phenols is 1. The first-order chi connectivity index (χ1) is 21.4. The van der Waals surface area contributed by atoms with E-state index in [1.165, 1.54) is 0 Å².